The Morgan fingerprint density at radius 2 is 1.46 bits per heavy atom. The molecule has 0 fully saturated rings. The number of halogens is 3. The van der Waals surface area contributed by atoms with Crippen LogP contribution in [-0.4, -0.2) is 10.6 Å². The van der Waals surface area contributed by atoms with E-state index in [1.165, 1.54) is 30.5 Å². The highest BCUT2D eigenvalue weighted by molar-refractivity contribution is 6.28. The molecule has 37 heavy (non-hydrogen) atoms. The van der Waals surface area contributed by atoms with E-state index < -0.39 is 11.6 Å². The third kappa shape index (κ3) is 2.97. The van der Waals surface area contributed by atoms with E-state index >= 15 is 0 Å². The Morgan fingerprint density at radius 1 is 0.784 bits per heavy atom. The number of hydrogen-bond donors (Lipinski definition) is 0. The zero-order valence-electron chi connectivity index (χ0n) is 22.6. The van der Waals surface area contributed by atoms with Gasteiger partial charge in [0.25, 0.3) is 0 Å². The first-order valence-corrected chi connectivity index (χ1v) is 12.8. The lowest BCUT2D eigenvalue weighted by molar-refractivity contribution is -0.643. The first-order chi connectivity index (χ1) is 17.2. The number of para-hydroxylation sites is 1. The molecule has 0 saturated carbocycles. The number of nitrogens with zero attached hydrogens (tertiary/aromatic N) is 2. The molecule has 0 aliphatic carbocycles. The first kappa shape index (κ1) is 24.0. The van der Waals surface area contributed by atoms with Crippen molar-refractivity contribution < 1.29 is 17.7 Å². The van der Waals surface area contributed by atoms with E-state index in [0.29, 0.717) is 10.9 Å². The maximum absolute atomic E-state index is 14.6. The van der Waals surface area contributed by atoms with Crippen LogP contribution in [-0.2, 0) is 17.9 Å². The molecule has 3 aromatic heterocycles. The molecule has 6 aromatic rings. The minimum Gasteiger partial charge on any atom is -0.307 e. The van der Waals surface area contributed by atoms with Crippen molar-refractivity contribution in [3.05, 3.63) is 70.9 Å². The van der Waals surface area contributed by atoms with Crippen molar-refractivity contribution >= 4 is 49.0 Å². The smallest absolute Gasteiger partial charge is 0.307 e. The third-order valence-corrected chi connectivity index (χ3v) is 8.51. The summed E-state index contributed by atoms with van der Waals surface area (Å²) < 4.78 is 48.1. The van der Waals surface area contributed by atoms with Crippen molar-refractivity contribution in [1.29, 1.82) is 0 Å². The predicted octanol–water partition coefficient (Wildman–Crippen LogP) is 8.57. The Morgan fingerprint density at radius 3 is 2.11 bits per heavy atom. The Balaban J connectivity index is 2.09. The van der Waals surface area contributed by atoms with Crippen LogP contribution in [0.1, 0.15) is 56.9 Å². The van der Waals surface area contributed by atoms with Gasteiger partial charge >= 0.3 is 6.18 Å². The fraction of sp³-hybridized carbons (Fsp3) is 0.344. The van der Waals surface area contributed by atoms with Crippen LogP contribution in [0.5, 0.6) is 0 Å². The van der Waals surface area contributed by atoms with Crippen LogP contribution >= 0.6 is 0 Å². The monoisotopic (exact) mass is 501 g/mol. The van der Waals surface area contributed by atoms with Gasteiger partial charge in [0, 0.05) is 16.8 Å². The van der Waals surface area contributed by atoms with Gasteiger partial charge in [-0.2, -0.15) is 13.2 Å². The van der Waals surface area contributed by atoms with E-state index in [1.807, 2.05) is 43.6 Å². The van der Waals surface area contributed by atoms with Gasteiger partial charge < -0.3 is 4.40 Å². The van der Waals surface area contributed by atoms with E-state index in [-0.39, 0.29) is 5.41 Å². The van der Waals surface area contributed by atoms with Crippen LogP contribution in [0.4, 0.5) is 13.2 Å². The van der Waals surface area contributed by atoms with E-state index in [9.17, 15) is 13.2 Å². The Labute approximate surface area is 214 Å². The number of aryl methyl sites for hydroxylation is 3. The normalized spacial score (nSPS) is 13.8. The van der Waals surface area contributed by atoms with Crippen LogP contribution < -0.4 is 4.57 Å². The average molecular weight is 502 g/mol. The van der Waals surface area contributed by atoms with Crippen LogP contribution in [0.3, 0.4) is 0 Å². The largest absolute Gasteiger partial charge is 0.397 e. The molecule has 0 unspecified atom stereocenters. The molecular formula is C32H32F3N2+. The molecule has 0 spiro atoms. The molecule has 2 nitrogen and oxygen atoms in total. The minimum absolute atomic E-state index is 0.174. The highest BCUT2D eigenvalue weighted by Gasteiger charge is 2.50. The van der Waals surface area contributed by atoms with Crippen LogP contribution in [0, 0.1) is 13.8 Å². The predicted molar refractivity (Wildman–Crippen MR) is 147 cm³/mol. The molecule has 0 aliphatic rings. The van der Waals surface area contributed by atoms with Crippen LogP contribution in [0.2, 0.25) is 0 Å². The summed E-state index contributed by atoms with van der Waals surface area (Å²) >= 11 is 0. The molecule has 0 aliphatic heterocycles. The lowest BCUT2D eigenvalue weighted by atomic mass is 9.79. The number of pyridine rings is 2. The van der Waals surface area contributed by atoms with Crippen molar-refractivity contribution in [2.24, 2.45) is 7.05 Å². The van der Waals surface area contributed by atoms with Gasteiger partial charge in [0.2, 0.25) is 5.52 Å². The van der Waals surface area contributed by atoms with Gasteiger partial charge in [0.05, 0.1) is 32.7 Å². The summed E-state index contributed by atoms with van der Waals surface area (Å²) in [5.41, 5.74) is 5.69. The highest BCUT2D eigenvalue weighted by Crippen LogP contribution is 2.50. The van der Waals surface area contributed by atoms with Gasteiger partial charge in [-0.05, 0) is 72.9 Å². The molecule has 6 rings (SSSR count). The molecule has 0 bridgehead atoms. The van der Waals surface area contributed by atoms with Crippen molar-refractivity contribution in [1.82, 2.24) is 4.40 Å². The van der Waals surface area contributed by atoms with Crippen molar-refractivity contribution in [2.75, 3.05) is 0 Å². The molecule has 0 saturated heterocycles. The third-order valence-electron chi connectivity index (χ3n) is 8.51. The van der Waals surface area contributed by atoms with Gasteiger partial charge in [-0.1, -0.05) is 45.0 Å². The number of rotatable bonds is 1. The zero-order chi connectivity index (χ0) is 26.8. The van der Waals surface area contributed by atoms with Crippen LogP contribution in [0.25, 0.3) is 49.0 Å². The lowest BCUT2D eigenvalue weighted by Gasteiger charge is -2.30. The van der Waals surface area contributed by atoms with E-state index in [4.69, 9.17) is 0 Å². The van der Waals surface area contributed by atoms with Gasteiger partial charge in [-0.3, -0.25) is 0 Å². The summed E-state index contributed by atoms with van der Waals surface area (Å²) in [7, 11) is 2.04. The van der Waals surface area contributed by atoms with Crippen molar-refractivity contribution in [2.45, 2.75) is 65.5 Å². The number of aromatic nitrogens is 2. The average Bonchev–Trinajstić information content (AvgIpc) is 3.15. The maximum Gasteiger partial charge on any atom is 0.397 e. The van der Waals surface area contributed by atoms with Crippen LogP contribution in [0.15, 0.2) is 48.7 Å². The van der Waals surface area contributed by atoms with Gasteiger partial charge in [-0.25, -0.2) is 4.57 Å². The van der Waals surface area contributed by atoms with Gasteiger partial charge in [0.1, 0.15) is 7.05 Å². The van der Waals surface area contributed by atoms with Crippen molar-refractivity contribution in [3.63, 3.8) is 0 Å². The number of benzene rings is 3. The summed E-state index contributed by atoms with van der Waals surface area (Å²) in [6.45, 7) is 13.5. The fourth-order valence-electron chi connectivity index (χ4n) is 6.18. The van der Waals surface area contributed by atoms with Gasteiger partial charge in [0.15, 0.2) is 6.20 Å². The molecule has 190 valence electrons. The number of hydrogen-bond acceptors (Lipinski definition) is 0. The summed E-state index contributed by atoms with van der Waals surface area (Å²) in [6, 6.07) is 13.9. The van der Waals surface area contributed by atoms with E-state index in [0.717, 1.165) is 43.6 Å². The standard InChI is InChI=1S/C32H32F3N2/c1-17-15-22(30(3,4)5)27-24(18(17)2)28-25-19(13-14-36(28)8)16-21(31(6,7)32(33,34)35)26-20-11-9-10-12-23(20)37(27)29(25)26/h9-16H,1-8H3/q+1. The topological polar surface area (TPSA) is 8.29 Å². The van der Waals surface area contributed by atoms with Crippen molar-refractivity contribution in [3.8, 4) is 0 Å². The van der Waals surface area contributed by atoms with E-state index in [2.05, 4.69) is 49.7 Å². The molecule has 0 radical (unpaired) electrons. The lowest BCUT2D eigenvalue weighted by Crippen LogP contribution is -2.36. The fourth-order valence-corrected chi connectivity index (χ4v) is 6.18. The quantitative estimate of drug-likeness (QED) is 0.121. The molecule has 0 atom stereocenters. The SMILES string of the molecule is Cc1cc(C(C)(C)C)c2c(c1C)c1c3c(cc[n+]1C)cc(C(C)(C)C(F)(F)F)c1c4ccccc4n2c13. The summed E-state index contributed by atoms with van der Waals surface area (Å²) in [5.74, 6) is 0. The second-order valence-electron chi connectivity index (χ2n) is 12.2. The number of alkyl halides is 3. The molecule has 5 heteroatoms. The molecule has 0 N–H and O–H groups in total. The maximum atomic E-state index is 14.6. The first-order valence-electron chi connectivity index (χ1n) is 12.8. The summed E-state index contributed by atoms with van der Waals surface area (Å²) in [4.78, 5) is 0. The highest BCUT2D eigenvalue weighted by atomic mass is 19.4. The zero-order valence-corrected chi connectivity index (χ0v) is 22.6. The minimum atomic E-state index is -4.40. The van der Waals surface area contributed by atoms with E-state index in [1.54, 1.807) is 6.07 Å². The summed E-state index contributed by atoms with van der Waals surface area (Å²) in [6.07, 6.45) is -2.42. The molecule has 3 heterocycles. The number of fused-ring (bicyclic) bond motifs is 6. The molecular weight excluding hydrogens is 469 g/mol. The molecule has 0 amide bonds. The molecule has 3 aromatic carbocycles. The second kappa shape index (κ2) is 7.15. The second-order valence-corrected chi connectivity index (χ2v) is 12.2. The summed E-state index contributed by atoms with van der Waals surface area (Å²) in [5, 5.41) is 4.56. The Kier molecular flexibility index (Phi) is 4.64. The van der Waals surface area contributed by atoms with Gasteiger partial charge in [-0.15, -0.1) is 0 Å². The Bertz CT molecular complexity index is 1900. The Hall–Kier alpha value is -3.34.